The van der Waals surface area contributed by atoms with Crippen LogP contribution in [-0.2, 0) is 11.2 Å². The number of rotatable bonds is 7. The van der Waals surface area contributed by atoms with Crippen LogP contribution in [-0.4, -0.2) is 43.1 Å². The standard InChI is InChI=1S/C19H30N2O2.ClH/c1-4-20-14-16-9-11-21(12-10-16)19(22)13-17-7-5-6-8-18(17)23-15(2)3;/h5-8,15-16,20H,4,9-14H2,1-3H3;1H. The zero-order valence-electron chi connectivity index (χ0n) is 15.1. The van der Waals surface area contributed by atoms with Gasteiger partial charge in [0, 0.05) is 18.7 Å². The highest BCUT2D eigenvalue weighted by Crippen LogP contribution is 2.22. The van der Waals surface area contributed by atoms with Crippen LogP contribution in [0.25, 0.3) is 0 Å². The number of hydrogen-bond acceptors (Lipinski definition) is 3. The molecule has 0 aliphatic carbocycles. The van der Waals surface area contributed by atoms with Gasteiger partial charge in [0.25, 0.3) is 0 Å². The SMILES string of the molecule is CCNCC1CCN(C(=O)Cc2ccccc2OC(C)C)CC1.Cl. The summed E-state index contributed by atoms with van der Waals surface area (Å²) >= 11 is 0. The van der Waals surface area contributed by atoms with Crippen molar-refractivity contribution in [1.82, 2.24) is 10.2 Å². The van der Waals surface area contributed by atoms with Gasteiger partial charge in [0.2, 0.25) is 5.91 Å². The minimum Gasteiger partial charge on any atom is -0.491 e. The summed E-state index contributed by atoms with van der Waals surface area (Å²) in [6.07, 6.45) is 2.75. The minimum atomic E-state index is 0. The zero-order valence-corrected chi connectivity index (χ0v) is 15.9. The topological polar surface area (TPSA) is 41.6 Å². The van der Waals surface area contributed by atoms with Crippen molar-refractivity contribution in [2.75, 3.05) is 26.2 Å². The van der Waals surface area contributed by atoms with E-state index in [4.69, 9.17) is 4.74 Å². The first kappa shape index (κ1) is 20.8. The number of hydrogen-bond donors (Lipinski definition) is 1. The Bertz CT molecular complexity index is 500. The predicted molar refractivity (Wildman–Crippen MR) is 101 cm³/mol. The smallest absolute Gasteiger partial charge is 0.227 e. The summed E-state index contributed by atoms with van der Waals surface area (Å²) in [6, 6.07) is 7.87. The lowest BCUT2D eigenvalue weighted by Crippen LogP contribution is -2.41. The summed E-state index contributed by atoms with van der Waals surface area (Å²) in [6.45, 7) is 10.00. The third-order valence-electron chi connectivity index (χ3n) is 4.33. The number of nitrogens with one attached hydrogen (secondary N) is 1. The number of nitrogens with zero attached hydrogens (tertiary/aromatic N) is 1. The highest BCUT2D eigenvalue weighted by Gasteiger charge is 2.23. The molecular formula is C19H31ClN2O2. The molecule has 1 aromatic carbocycles. The molecule has 136 valence electrons. The molecule has 0 saturated carbocycles. The normalized spacial score (nSPS) is 15.2. The molecule has 5 heteroatoms. The molecule has 24 heavy (non-hydrogen) atoms. The second kappa shape index (κ2) is 10.6. The first-order chi connectivity index (χ1) is 11.1. The number of halogens is 1. The number of benzene rings is 1. The fourth-order valence-electron chi connectivity index (χ4n) is 3.03. The van der Waals surface area contributed by atoms with Crippen LogP contribution >= 0.6 is 12.4 Å². The monoisotopic (exact) mass is 354 g/mol. The Labute approximate surface area is 152 Å². The number of likely N-dealkylation sites (tertiary alicyclic amines) is 1. The van der Waals surface area contributed by atoms with Crippen molar-refractivity contribution in [3.8, 4) is 5.75 Å². The van der Waals surface area contributed by atoms with Crippen molar-refractivity contribution >= 4 is 18.3 Å². The third-order valence-corrected chi connectivity index (χ3v) is 4.33. The minimum absolute atomic E-state index is 0. The average Bonchev–Trinajstić information content (AvgIpc) is 2.54. The van der Waals surface area contributed by atoms with Gasteiger partial charge in [-0.05, 0) is 51.8 Å². The van der Waals surface area contributed by atoms with E-state index in [1.807, 2.05) is 43.0 Å². The zero-order chi connectivity index (χ0) is 16.7. The van der Waals surface area contributed by atoms with Crippen molar-refractivity contribution < 1.29 is 9.53 Å². The summed E-state index contributed by atoms with van der Waals surface area (Å²) in [5.41, 5.74) is 0.987. The molecule has 1 fully saturated rings. The molecule has 1 aliphatic rings. The van der Waals surface area contributed by atoms with E-state index in [9.17, 15) is 4.79 Å². The summed E-state index contributed by atoms with van der Waals surface area (Å²) in [5.74, 6) is 1.75. The molecule has 2 rings (SSSR count). The molecule has 4 nitrogen and oxygen atoms in total. The molecule has 0 spiro atoms. The molecule has 1 amide bonds. The molecule has 0 atom stereocenters. The lowest BCUT2D eigenvalue weighted by atomic mass is 9.96. The molecule has 1 aromatic rings. The Balaban J connectivity index is 0.00000288. The highest BCUT2D eigenvalue weighted by atomic mass is 35.5. The van der Waals surface area contributed by atoms with E-state index in [0.717, 1.165) is 50.3 Å². The molecule has 0 aromatic heterocycles. The van der Waals surface area contributed by atoms with Crippen LogP contribution in [0.2, 0.25) is 0 Å². The lowest BCUT2D eigenvalue weighted by molar-refractivity contribution is -0.131. The molecule has 0 radical (unpaired) electrons. The van der Waals surface area contributed by atoms with Gasteiger partial charge in [0.1, 0.15) is 5.75 Å². The molecule has 1 heterocycles. The van der Waals surface area contributed by atoms with Crippen molar-refractivity contribution in [2.45, 2.75) is 46.1 Å². The van der Waals surface area contributed by atoms with Gasteiger partial charge in [-0.25, -0.2) is 0 Å². The quantitative estimate of drug-likeness (QED) is 0.817. The highest BCUT2D eigenvalue weighted by molar-refractivity contribution is 5.85. The summed E-state index contributed by atoms with van der Waals surface area (Å²) < 4.78 is 5.82. The van der Waals surface area contributed by atoms with Crippen molar-refractivity contribution in [3.63, 3.8) is 0 Å². The van der Waals surface area contributed by atoms with Crippen LogP contribution in [0.5, 0.6) is 5.75 Å². The van der Waals surface area contributed by atoms with Crippen molar-refractivity contribution in [1.29, 1.82) is 0 Å². The maximum absolute atomic E-state index is 12.6. The largest absolute Gasteiger partial charge is 0.491 e. The Hall–Kier alpha value is -1.26. The summed E-state index contributed by atoms with van der Waals surface area (Å²) in [5, 5.41) is 3.41. The Morgan fingerprint density at radius 2 is 1.96 bits per heavy atom. The van der Waals surface area contributed by atoms with E-state index in [1.165, 1.54) is 0 Å². The van der Waals surface area contributed by atoms with Gasteiger partial charge in [-0.1, -0.05) is 25.1 Å². The number of para-hydroxylation sites is 1. The van der Waals surface area contributed by atoms with E-state index in [0.29, 0.717) is 12.3 Å². The second-order valence-corrected chi connectivity index (χ2v) is 6.58. The third kappa shape index (κ3) is 6.33. The van der Waals surface area contributed by atoms with Crippen molar-refractivity contribution in [2.24, 2.45) is 5.92 Å². The van der Waals surface area contributed by atoms with Gasteiger partial charge >= 0.3 is 0 Å². The van der Waals surface area contributed by atoms with Gasteiger partial charge in [0.05, 0.1) is 12.5 Å². The number of amides is 1. The maximum Gasteiger partial charge on any atom is 0.227 e. The van der Waals surface area contributed by atoms with Gasteiger partial charge in [-0.3, -0.25) is 4.79 Å². The Morgan fingerprint density at radius 3 is 2.58 bits per heavy atom. The van der Waals surface area contributed by atoms with Gasteiger partial charge in [-0.2, -0.15) is 0 Å². The average molecular weight is 355 g/mol. The molecule has 1 aliphatic heterocycles. The van der Waals surface area contributed by atoms with E-state index in [-0.39, 0.29) is 24.4 Å². The Morgan fingerprint density at radius 1 is 1.29 bits per heavy atom. The van der Waals surface area contributed by atoms with Crippen LogP contribution in [0.15, 0.2) is 24.3 Å². The summed E-state index contributed by atoms with van der Waals surface area (Å²) in [7, 11) is 0. The van der Waals surface area contributed by atoms with Gasteiger partial charge in [-0.15, -0.1) is 12.4 Å². The van der Waals surface area contributed by atoms with Crippen LogP contribution in [0, 0.1) is 5.92 Å². The van der Waals surface area contributed by atoms with Crippen molar-refractivity contribution in [3.05, 3.63) is 29.8 Å². The molecule has 0 unspecified atom stereocenters. The van der Waals surface area contributed by atoms with Crippen LogP contribution in [0.3, 0.4) is 0 Å². The number of carbonyl (C=O) groups excluding carboxylic acids is 1. The maximum atomic E-state index is 12.6. The van der Waals surface area contributed by atoms with E-state index in [2.05, 4.69) is 12.2 Å². The molecule has 1 N–H and O–H groups in total. The fraction of sp³-hybridized carbons (Fsp3) is 0.632. The van der Waals surface area contributed by atoms with E-state index in [1.54, 1.807) is 0 Å². The predicted octanol–water partition coefficient (Wildman–Crippen LogP) is 3.29. The van der Waals surface area contributed by atoms with Gasteiger partial charge < -0.3 is 15.0 Å². The number of ether oxygens (including phenoxy) is 1. The Kier molecular flexibility index (Phi) is 9.16. The van der Waals surface area contributed by atoms with E-state index >= 15 is 0 Å². The van der Waals surface area contributed by atoms with Gasteiger partial charge in [0.15, 0.2) is 0 Å². The molecule has 0 bridgehead atoms. The van der Waals surface area contributed by atoms with Crippen LogP contribution in [0.1, 0.15) is 39.2 Å². The first-order valence-electron chi connectivity index (χ1n) is 8.83. The van der Waals surface area contributed by atoms with Crippen LogP contribution in [0.4, 0.5) is 0 Å². The first-order valence-corrected chi connectivity index (χ1v) is 8.83. The summed E-state index contributed by atoms with van der Waals surface area (Å²) in [4.78, 5) is 14.6. The molecular weight excluding hydrogens is 324 g/mol. The van der Waals surface area contributed by atoms with E-state index < -0.39 is 0 Å². The fourth-order valence-corrected chi connectivity index (χ4v) is 3.03. The number of carbonyl (C=O) groups is 1. The second-order valence-electron chi connectivity index (χ2n) is 6.58. The van der Waals surface area contributed by atoms with Crippen LogP contribution < -0.4 is 10.1 Å². The lowest BCUT2D eigenvalue weighted by Gasteiger charge is -2.32. The molecule has 1 saturated heterocycles. The number of piperidine rings is 1.